The molecule has 1 atom stereocenters. The minimum Gasteiger partial charge on any atom is -0.492 e. The van der Waals surface area contributed by atoms with Crippen molar-refractivity contribution in [2.75, 3.05) is 18.9 Å². The number of thioether (sulfide) groups is 1. The lowest BCUT2D eigenvalue weighted by atomic mass is 10.2. The topological polar surface area (TPSA) is 38.3 Å². The van der Waals surface area contributed by atoms with Crippen molar-refractivity contribution in [2.45, 2.75) is 11.8 Å². The molecule has 0 saturated heterocycles. The highest BCUT2D eigenvalue weighted by atomic mass is 32.2. The molecule has 1 unspecified atom stereocenters. The maximum absolute atomic E-state index is 13.0. The highest BCUT2D eigenvalue weighted by Gasteiger charge is 2.12. The second kappa shape index (κ2) is 9.20. The monoisotopic (exact) mass is 333 g/mol. The van der Waals surface area contributed by atoms with E-state index in [-0.39, 0.29) is 17.6 Å². The van der Waals surface area contributed by atoms with Crippen LogP contribution in [0, 0.1) is 11.7 Å². The molecule has 2 rings (SSSR count). The second-order valence-electron chi connectivity index (χ2n) is 5.12. The number of amides is 1. The van der Waals surface area contributed by atoms with Gasteiger partial charge in [0, 0.05) is 22.6 Å². The molecule has 0 aliphatic heterocycles. The van der Waals surface area contributed by atoms with Crippen molar-refractivity contribution in [1.82, 2.24) is 5.32 Å². The summed E-state index contributed by atoms with van der Waals surface area (Å²) in [5.74, 6) is 0.760. The Hall–Kier alpha value is -2.01. The molecule has 0 saturated carbocycles. The van der Waals surface area contributed by atoms with E-state index in [9.17, 15) is 9.18 Å². The summed E-state index contributed by atoms with van der Waals surface area (Å²) in [5.41, 5.74) is 0. The number of hydrogen-bond donors (Lipinski definition) is 1. The number of rotatable bonds is 8. The van der Waals surface area contributed by atoms with E-state index in [4.69, 9.17) is 4.74 Å². The smallest absolute Gasteiger partial charge is 0.223 e. The summed E-state index contributed by atoms with van der Waals surface area (Å²) in [7, 11) is 0. The summed E-state index contributed by atoms with van der Waals surface area (Å²) in [6.45, 7) is 2.61. The van der Waals surface area contributed by atoms with Gasteiger partial charge in [-0.1, -0.05) is 31.2 Å². The third-order valence-corrected chi connectivity index (χ3v) is 4.43. The van der Waals surface area contributed by atoms with E-state index < -0.39 is 0 Å². The Morgan fingerprint density at radius 3 is 2.74 bits per heavy atom. The number of ether oxygens (including phenoxy) is 1. The number of carbonyl (C=O) groups is 1. The van der Waals surface area contributed by atoms with Crippen molar-refractivity contribution in [3.63, 3.8) is 0 Å². The van der Waals surface area contributed by atoms with E-state index in [0.717, 1.165) is 10.6 Å². The zero-order valence-corrected chi connectivity index (χ0v) is 13.8. The van der Waals surface area contributed by atoms with Gasteiger partial charge in [-0.25, -0.2) is 4.39 Å². The number of hydrogen-bond acceptors (Lipinski definition) is 3. The summed E-state index contributed by atoms with van der Waals surface area (Å²) in [6, 6.07) is 16.0. The first-order chi connectivity index (χ1) is 11.1. The molecule has 2 aromatic rings. The SMILES string of the molecule is CC(CSc1ccccc1)C(=O)NCCOc1cccc(F)c1. The highest BCUT2D eigenvalue weighted by Crippen LogP contribution is 2.20. The zero-order valence-electron chi connectivity index (χ0n) is 13.0. The molecule has 0 aromatic heterocycles. The fourth-order valence-electron chi connectivity index (χ4n) is 1.89. The van der Waals surface area contributed by atoms with Crippen LogP contribution in [0.15, 0.2) is 59.5 Å². The summed E-state index contributed by atoms with van der Waals surface area (Å²) < 4.78 is 18.4. The van der Waals surface area contributed by atoms with Crippen molar-refractivity contribution in [3.05, 3.63) is 60.4 Å². The normalized spacial score (nSPS) is 11.7. The molecule has 23 heavy (non-hydrogen) atoms. The molecule has 0 aliphatic rings. The summed E-state index contributed by atoms with van der Waals surface area (Å²) >= 11 is 1.66. The van der Waals surface area contributed by atoms with Crippen molar-refractivity contribution >= 4 is 17.7 Å². The number of nitrogens with one attached hydrogen (secondary N) is 1. The molecule has 0 aliphatic carbocycles. The number of carbonyl (C=O) groups excluding carboxylic acids is 1. The lowest BCUT2D eigenvalue weighted by molar-refractivity contribution is -0.123. The Morgan fingerprint density at radius 1 is 1.22 bits per heavy atom. The van der Waals surface area contributed by atoms with Crippen molar-refractivity contribution in [1.29, 1.82) is 0 Å². The van der Waals surface area contributed by atoms with Gasteiger partial charge in [0.1, 0.15) is 18.2 Å². The van der Waals surface area contributed by atoms with Crippen molar-refractivity contribution < 1.29 is 13.9 Å². The third kappa shape index (κ3) is 6.32. The van der Waals surface area contributed by atoms with Gasteiger partial charge in [-0.15, -0.1) is 11.8 Å². The summed E-state index contributed by atoms with van der Waals surface area (Å²) in [5, 5.41) is 2.83. The molecule has 0 spiro atoms. The van der Waals surface area contributed by atoms with Crippen LogP contribution in [-0.4, -0.2) is 24.8 Å². The minimum atomic E-state index is -0.335. The van der Waals surface area contributed by atoms with E-state index in [2.05, 4.69) is 5.32 Å². The van der Waals surface area contributed by atoms with E-state index in [1.54, 1.807) is 23.9 Å². The van der Waals surface area contributed by atoms with Gasteiger partial charge >= 0.3 is 0 Å². The van der Waals surface area contributed by atoms with Crippen LogP contribution in [-0.2, 0) is 4.79 Å². The quantitative estimate of drug-likeness (QED) is 0.591. The molecule has 2 aromatic carbocycles. The predicted molar refractivity (Wildman–Crippen MR) is 91.2 cm³/mol. The van der Waals surface area contributed by atoms with Gasteiger partial charge in [0.15, 0.2) is 0 Å². The maximum atomic E-state index is 13.0. The van der Waals surface area contributed by atoms with Gasteiger partial charge in [-0.05, 0) is 24.3 Å². The van der Waals surface area contributed by atoms with Gasteiger partial charge in [-0.2, -0.15) is 0 Å². The maximum Gasteiger partial charge on any atom is 0.223 e. The zero-order chi connectivity index (χ0) is 16.5. The first-order valence-corrected chi connectivity index (χ1v) is 8.47. The van der Waals surface area contributed by atoms with E-state index >= 15 is 0 Å². The van der Waals surface area contributed by atoms with Crippen molar-refractivity contribution in [3.8, 4) is 5.75 Å². The van der Waals surface area contributed by atoms with Crippen LogP contribution in [0.4, 0.5) is 4.39 Å². The Kier molecular flexibility index (Phi) is 6.94. The van der Waals surface area contributed by atoms with E-state index in [1.807, 2.05) is 37.3 Å². The van der Waals surface area contributed by atoms with Crippen LogP contribution >= 0.6 is 11.8 Å². The van der Waals surface area contributed by atoms with Gasteiger partial charge in [0.05, 0.1) is 6.54 Å². The van der Waals surface area contributed by atoms with Crippen molar-refractivity contribution in [2.24, 2.45) is 5.92 Å². The van der Waals surface area contributed by atoms with E-state index in [0.29, 0.717) is 18.9 Å². The second-order valence-corrected chi connectivity index (χ2v) is 6.22. The van der Waals surface area contributed by atoms with Crippen LogP contribution < -0.4 is 10.1 Å². The Balaban J connectivity index is 1.64. The Bertz CT molecular complexity index is 621. The highest BCUT2D eigenvalue weighted by molar-refractivity contribution is 7.99. The number of halogens is 1. The molecule has 0 bridgehead atoms. The Morgan fingerprint density at radius 2 is 2.00 bits per heavy atom. The first kappa shape index (κ1) is 17.3. The molecule has 0 radical (unpaired) electrons. The molecule has 0 heterocycles. The van der Waals surface area contributed by atoms with Crippen LogP contribution in [0.2, 0.25) is 0 Å². The third-order valence-electron chi connectivity index (χ3n) is 3.16. The average Bonchev–Trinajstić information content (AvgIpc) is 2.57. The van der Waals surface area contributed by atoms with Gasteiger partial charge in [-0.3, -0.25) is 4.79 Å². The fourth-order valence-corrected chi connectivity index (χ4v) is 2.83. The molecular weight excluding hydrogens is 313 g/mol. The lowest BCUT2D eigenvalue weighted by Crippen LogP contribution is -2.33. The Labute approximate surface area is 140 Å². The largest absolute Gasteiger partial charge is 0.492 e. The molecule has 1 amide bonds. The van der Waals surface area contributed by atoms with E-state index in [1.165, 1.54) is 12.1 Å². The molecular formula is C18H20FNO2S. The minimum absolute atomic E-state index is 0.00345. The molecule has 122 valence electrons. The van der Waals surface area contributed by atoms with Crippen LogP contribution in [0.1, 0.15) is 6.92 Å². The fraction of sp³-hybridized carbons (Fsp3) is 0.278. The number of benzene rings is 2. The average molecular weight is 333 g/mol. The molecule has 1 N–H and O–H groups in total. The lowest BCUT2D eigenvalue weighted by Gasteiger charge is -2.12. The van der Waals surface area contributed by atoms with Crippen LogP contribution in [0.3, 0.4) is 0 Å². The van der Waals surface area contributed by atoms with Crippen LogP contribution in [0.25, 0.3) is 0 Å². The molecule has 0 fully saturated rings. The summed E-state index contributed by atoms with van der Waals surface area (Å²) in [6.07, 6.45) is 0. The van der Waals surface area contributed by atoms with Crippen LogP contribution in [0.5, 0.6) is 5.75 Å². The first-order valence-electron chi connectivity index (χ1n) is 7.49. The van der Waals surface area contributed by atoms with Gasteiger partial charge in [0.2, 0.25) is 5.91 Å². The van der Waals surface area contributed by atoms with Gasteiger partial charge < -0.3 is 10.1 Å². The molecule has 3 nitrogen and oxygen atoms in total. The van der Waals surface area contributed by atoms with Gasteiger partial charge in [0.25, 0.3) is 0 Å². The summed E-state index contributed by atoms with van der Waals surface area (Å²) in [4.78, 5) is 13.1. The predicted octanol–water partition coefficient (Wildman–Crippen LogP) is 3.75. The molecule has 5 heteroatoms. The standard InChI is InChI=1S/C18H20FNO2S/c1-14(13-23-17-8-3-2-4-9-17)18(21)20-10-11-22-16-7-5-6-15(19)12-16/h2-9,12,14H,10-11,13H2,1H3,(H,20,21).